The summed E-state index contributed by atoms with van der Waals surface area (Å²) < 4.78 is 5.28. The second kappa shape index (κ2) is 4.05. The van der Waals surface area contributed by atoms with E-state index in [1.807, 2.05) is 24.3 Å². The molecule has 0 N–H and O–H groups in total. The van der Waals surface area contributed by atoms with Gasteiger partial charge in [-0.25, -0.2) is 4.79 Å². The molecule has 0 radical (unpaired) electrons. The van der Waals surface area contributed by atoms with Crippen LogP contribution in [0.3, 0.4) is 0 Å². The topological polar surface area (TPSA) is 26.3 Å². The number of ether oxygens (including phenoxy) is 1. The summed E-state index contributed by atoms with van der Waals surface area (Å²) in [5.41, 5.74) is 0.701. The Morgan fingerprint density at radius 3 is 3.00 bits per heavy atom. The van der Waals surface area contributed by atoms with Crippen molar-refractivity contribution in [3.05, 3.63) is 29.8 Å². The predicted molar refractivity (Wildman–Crippen MR) is 56.4 cm³/mol. The number of carbonyl (C=O) groups is 1. The van der Waals surface area contributed by atoms with Crippen LogP contribution in [-0.4, -0.2) is 11.4 Å². The van der Waals surface area contributed by atoms with Crippen LogP contribution in [0.1, 0.15) is 30.1 Å². The average Bonchev–Trinajstić information content (AvgIpc) is 2.18. The fourth-order valence-corrected chi connectivity index (χ4v) is 2.65. The van der Waals surface area contributed by atoms with Crippen molar-refractivity contribution in [2.75, 3.05) is 0 Å². The van der Waals surface area contributed by atoms with Crippen molar-refractivity contribution in [3.8, 4) is 0 Å². The van der Waals surface area contributed by atoms with Gasteiger partial charge in [-0.2, -0.15) is 0 Å². The van der Waals surface area contributed by atoms with Gasteiger partial charge in [0.15, 0.2) is 5.44 Å². The number of esters is 1. The second-order valence-corrected chi connectivity index (χ2v) is 4.44. The maximum Gasteiger partial charge on any atom is 0.340 e. The van der Waals surface area contributed by atoms with E-state index in [2.05, 4.69) is 6.92 Å². The molecule has 1 atom stereocenters. The zero-order valence-corrected chi connectivity index (χ0v) is 8.84. The minimum absolute atomic E-state index is 0.00222. The molecule has 1 aliphatic heterocycles. The summed E-state index contributed by atoms with van der Waals surface area (Å²) in [6, 6.07) is 7.60. The minimum atomic E-state index is -0.183. The number of hydrogen-bond acceptors (Lipinski definition) is 3. The number of rotatable bonds is 2. The standard InChI is InChI=1S/C11H12O2S/c1-2-5-10-13-11(12)8-6-3-4-7-9(8)14-10/h3-4,6-7,10H,2,5H2,1H3/t10-/m0/s1. The largest absolute Gasteiger partial charge is 0.447 e. The fraction of sp³-hybridized carbons (Fsp3) is 0.364. The molecule has 2 nitrogen and oxygen atoms in total. The van der Waals surface area contributed by atoms with Crippen LogP contribution in [0.2, 0.25) is 0 Å². The van der Waals surface area contributed by atoms with Gasteiger partial charge >= 0.3 is 5.97 Å². The van der Waals surface area contributed by atoms with E-state index in [9.17, 15) is 4.79 Å². The first-order valence-corrected chi connectivity index (χ1v) is 5.66. The van der Waals surface area contributed by atoms with Crippen LogP contribution in [0.25, 0.3) is 0 Å². The Morgan fingerprint density at radius 2 is 2.21 bits per heavy atom. The molecule has 1 aromatic carbocycles. The Kier molecular flexibility index (Phi) is 2.77. The van der Waals surface area contributed by atoms with Gasteiger partial charge in [-0.3, -0.25) is 0 Å². The van der Waals surface area contributed by atoms with E-state index in [1.54, 1.807) is 11.8 Å². The Hall–Kier alpha value is -0.960. The molecule has 1 aliphatic rings. The summed E-state index contributed by atoms with van der Waals surface area (Å²) in [7, 11) is 0. The highest BCUT2D eigenvalue weighted by molar-refractivity contribution is 8.00. The maximum atomic E-state index is 11.5. The van der Waals surface area contributed by atoms with Crippen molar-refractivity contribution < 1.29 is 9.53 Å². The van der Waals surface area contributed by atoms with E-state index < -0.39 is 0 Å². The van der Waals surface area contributed by atoms with Crippen molar-refractivity contribution in [1.82, 2.24) is 0 Å². The van der Waals surface area contributed by atoms with Crippen LogP contribution >= 0.6 is 11.8 Å². The number of cyclic esters (lactones) is 1. The van der Waals surface area contributed by atoms with E-state index in [-0.39, 0.29) is 11.4 Å². The third-order valence-electron chi connectivity index (χ3n) is 2.13. The lowest BCUT2D eigenvalue weighted by atomic mass is 10.2. The molecule has 0 saturated heterocycles. The van der Waals surface area contributed by atoms with Crippen LogP contribution < -0.4 is 0 Å². The molecule has 1 heterocycles. The van der Waals surface area contributed by atoms with Gasteiger partial charge in [0.2, 0.25) is 0 Å². The molecule has 3 heteroatoms. The quantitative estimate of drug-likeness (QED) is 0.699. The molecule has 0 bridgehead atoms. The van der Waals surface area contributed by atoms with Crippen LogP contribution in [0.4, 0.5) is 0 Å². The Bertz CT molecular complexity index is 349. The summed E-state index contributed by atoms with van der Waals surface area (Å²) in [4.78, 5) is 12.6. The van der Waals surface area contributed by atoms with Crippen molar-refractivity contribution in [2.45, 2.75) is 30.1 Å². The summed E-state index contributed by atoms with van der Waals surface area (Å²) in [5, 5.41) is 0. The molecule has 0 amide bonds. The highest BCUT2D eigenvalue weighted by atomic mass is 32.2. The lowest BCUT2D eigenvalue weighted by Crippen LogP contribution is -2.20. The third kappa shape index (κ3) is 1.77. The van der Waals surface area contributed by atoms with Gasteiger partial charge in [0.25, 0.3) is 0 Å². The van der Waals surface area contributed by atoms with E-state index in [0.29, 0.717) is 5.56 Å². The predicted octanol–water partition coefficient (Wildman–Crippen LogP) is 3.08. The Labute approximate surface area is 87.6 Å². The molecule has 0 unspecified atom stereocenters. The van der Waals surface area contributed by atoms with Crippen LogP contribution in [0, 0.1) is 0 Å². The summed E-state index contributed by atoms with van der Waals surface area (Å²) in [5.74, 6) is -0.183. The van der Waals surface area contributed by atoms with E-state index in [4.69, 9.17) is 4.74 Å². The van der Waals surface area contributed by atoms with E-state index in [0.717, 1.165) is 17.7 Å². The molecular weight excluding hydrogens is 196 g/mol. The zero-order valence-electron chi connectivity index (χ0n) is 8.03. The van der Waals surface area contributed by atoms with Gasteiger partial charge in [0, 0.05) is 4.90 Å². The van der Waals surface area contributed by atoms with Gasteiger partial charge < -0.3 is 4.74 Å². The van der Waals surface area contributed by atoms with E-state index >= 15 is 0 Å². The molecule has 0 spiro atoms. The number of carbonyl (C=O) groups excluding carboxylic acids is 1. The lowest BCUT2D eigenvalue weighted by Gasteiger charge is -2.23. The van der Waals surface area contributed by atoms with E-state index in [1.165, 1.54) is 0 Å². The molecular formula is C11H12O2S. The Balaban J connectivity index is 2.24. The van der Waals surface area contributed by atoms with Gasteiger partial charge in [-0.1, -0.05) is 37.2 Å². The van der Waals surface area contributed by atoms with Gasteiger partial charge in [0.1, 0.15) is 0 Å². The lowest BCUT2D eigenvalue weighted by molar-refractivity contribution is 0.0430. The number of thioether (sulfide) groups is 1. The molecule has 0 aliphatic carbocycles. The summed E-state index contributed by atoms with van der Waals surface area (Å²) in [6.07, 6.45) is 1.96. The first-order valence-electron chi connectivity index (χ1n) is 4.78. The van der Waals surface area contributed by atoms with Crippen LogP contribution in [-0.2, 0) is 4.74 Å². The summed E-state index contributed by atoms with van der Waals surface area (Å²) >= 11 is 1.64. The summed E-state index contributed by atoms with van der Waals surface area (Å²) in [6.45, 7) is 2.09. The zero-order chi connectivity index (χ0) is 9.97. The Morgan fingerprint density at radius 1 is 1.43 bits per heavy atom. The average molecular weight is 208 g/mol. The first-order chi connectivity index (χ1) is 6.81. The minimum Gasteiger partial charge on any atom is -0.447 e. The highest BCUT2D eigenvalue weighted by Crippen LogP contribution is 2.35. The maximum absolute atomic E-state index is 11.5. The molecule has 2 rings (SSSR count). The third-order valence-corrected chi connectivity index (χ3v) is 3.33. The van der Waals surface area contributed by atoms with Crippen LogP contribution in [0.5, 0.6) is 0 Å². The van der Waals surface area contributed by atoms with Crippen molar-refractivity contribution in [2.24, 2.45) is 0 Å². The van der Waals surface area contributed by atoms with Crippen molar-refractivity contribution in [3.63, 3.8) is 0 Å². The fourth-order valence-electron chi connectivity index (χ4n) is 1.44. The second-order valence-electron chi connectivity index (χ2n) is 3.24. The molecule has 0 fully saturated rings. The molecule has 0 aromatic heterocycles. The van der Waals surface area contributed by atoms with Gasteiger partial charge in [-0.15, -0.1) is 0 Å². The number of fused-ring (bicyclic) bond motifs is 1. The van der Waals surface area contributed by atoms with Crippen molar-refractivity contribution in [1.29, 1.82) is 0 Å². The number of hydrogen-bond donors (Lipinski definition) is 0. The molecule has 0 saturated carbocycles. The van der Waals surface area contributed by atoms with Crippen LogP contribution in [0.15, 0.2) is 29.2 Å². The normalized spacial score (nSPS) is 20.1. The smallest absolute Gasteiger partial charge is 0.340 e. The van der Waals surface area contributed by atoms with Crippen molar-refractivity contribution >= 4 is 17.7 Å². The molecule has 14 heavy (non-hydrogen) atoms. The monoisotopic (exact) mass is 208 g/mol. The first kappa shape index (κ1) is 9.59. The molecule has 1 aromatic rings. The van der Waals surface area contributed by atoms with Gasteiger partial charge in [-0.05, 0) is 18.6 Å². The van der Waals surface area contributed by atoms with Gasteiger partial charge in [0.05, 0.1) is 5.56 Å². The molecule has 74 valence electrons. The number of benzene rings is 1. The SMILES string of the molecule is CCC[C@H]1OC(=O)c2ccccc2S1. The highest BCUT2D eigenvalue weighted by Gasteiger charge is 2.25.